The molecule has 0 spiro atoms. The van der Waals surface area contributed by atoms with E-state index in [1.807, 2.05) is 24.3 Å². The highest BCUT2D eigenvalue weighted by molar-refractivity contribution is 7.91. The summed E-state index contributed by atoms with van der Waals surface area (Å²) in [5, 5.41) is -0.479. The van der Waals surface area contributed by atoms with Gasteiger partial charge in [0, 0.05) is 6.54 Å². The summed E-state index contributed by atoms with van der Waals surface area (Å²) in [5.41, 5.74) is 7.45. The molecular weight excluding hydrogens is 234 g/mol. The molecule has 0 fully saturated rings. The van der Waals surface area contributed by atoms with Crippen molar-refractivity contribution in [3.05, 3.63) is 35.4 Å². The fraction of sp³-hybridized carbons (Fsp3) is 0.538. The van der Waals surface area contributed by atoms with Crippen LogP contribution < -0.4 is 5.73 Å². The monoisotopic (exact) mass is 255 g/mol. The number of rotatable bonds is 5. The van der Waals surface area contributed by atoms with E-state index in [1.54, 1.807) is 6.92 Å². The number of benzene rings is 1. The molecule has 17 heavy (non-hydrogen) atoms. The van der Waals surface area contributed by atoms with Crippen LogP contribution in [-0.4, -0.2) is 20.2 Å². The number of sulfone groups is 1. The molecule has 0 aliphatic heterocycles. The summed E-state index contributed by atoms with van der Waals surface area (Å²) in [4.78, 5) is 0. The first-order valence-corrected chi connectivity index (χ1v) is 7.59. The Morgan fingerprint density at radius 1 is 1.12 bits per heavy atom. The highest BCUT2D eigenvalue weighted by atomic mass is 32.2. The van der Waals surface area contributed by atoms with Gasteiger partial charge in [-0.3, -0.25) is 0 Å². The molecule has 0 aliphatic rings. The van der Waals surface area contributed by atoms with Crippen LogP contribution in [0.1, 0.15) is 37.8 Å². The van der Waals surface area contributed by atoms with Crippen molar-refractivity contribution in [3.63, 3.8) is 0 Å². The van der Waals surface area contributed by atoms with Crippen molar-refractivity contribution in [2.45, 2.75) is 37.7 Å². The molecule has 0 saturated heterocycles. The van der Waals surface area contributed by atoms with E-state index in [4.69, 9.17) is 5.73 Å². The molecule has 1 aromatic rings. The van der Waals surface area contributed by atoms with Gasteiger partial charge >= 0.3 is 0 Å². The van der Waals surface area contributed by atoms with E-state index < -0.39 is 15.1 Å². The van der Waals surface area contributed by atoms with Crippen molar-refractivity contribution >= 4 is 9.84 Å². The molecule has 2 N–H and O–H groups in total. The molecule has 1 atom stereocenters. The maximum atomic E-state index is 11.9. The van der Waals surface area contributed by atoms with Crippen LogP contribution in [0.4, 0.5) is 0 Å². The molecule has 1 unspecified atom stereocenters. The minimum atomic E-state index is -3.12. The lowest BCUT2D eigenvalue weighted by Gasteiger charge is -2.11. The van der Waals surface area contributed by atoms with Crippen LogP contribution in [0.15, 0.2) is 24.3 Å². The Balaban J connectivity index is 2.83. The lowest BCUT2D eigenvalue weighted by molar-refractivity contribution is 0.583. The summed E-state index contributed by atoms with van der Waals surface area (Å²) in [6.45, 7) is 6.05. The van der Waals surface area contributed by atoms with Gasteiger partial charge in [-0.2, -0.15) is 0 Å². The Hall–Kier alpha value is -0.870. The molecule has 0 saturated carbocycles. The van der Waals surface area contributed by atoms with Crippen LogP contribution >= 0.6 is 0 Å². The summed E-state index contributed by atoms with van der Waals surface area (Å²) < 4.78 is 23.7. The first-order valence-electron chi connectivity index (χ1n) is 5.87. The Kier molecular flexibility index (Phi) is 4.71. The van der Waals surface area contributed by atoms with Gasteiger partial charge in [0.1, 0.15) is 0 Å². The van der Waals surface area contributed by atoms with Gasteiger partial charge in [-0.15, -0.1) is 0 Å². The fourth-order valence-corrected chi connectivity index (χ4v) is 2.75. The molecule has 0 radical (unpaired) electrons. The van der Waals surface area contributed by atoms with Gasteiger partial charge in [0.2, 0.25) is 0 Å². The quantitative estimate of drug-likeness (QED) is 0.876. The van der Waals surface area contributed by atoms with Crippen LogP contribution in [0.3, 0.4) is 0 Å². The predicted octanol–water partition coefficient (Wildman–Crippen LogP) is 2.07. The Morgan fingerprint density at radius 3 is 2.06 bits per heavy atom. The molecule has 4 heteroatoms. The van der Waals surface area contributed by atoms with E-state index >= 15 is 0 Å². The minimum Gasteiger partial charge on any atom is -0.329 e. The van der Waals surface area contributed by atoms with Crippen molar-refractivity contribution in [2.75, 3.05) is 6.54 Å². The molecule has 1 rings (SSSR count). The van der Waals surface area contributed by atoms with Crippen LogP contribution in [0, 0.1) is 0 Å². The fourth-order valence-electron chi connectivity index (χ4n) is 1.52. The Morgan fingerprint density at radius 2 is 1.65 bits per heavy atom. The first kappa shape index (κ1) is 14.2. The largest absolute Gasteiger partial charge is 0.329 e. The molecule has 0 aromatic heterocycles. The van der Waals surface area contributed by atoms with E-state index in [0.29, 0.717) is 5.92 Å². The van der Waals surface area contributed by atoms with Crippen molar-refractivity contribution in [2.24, 2.45) is 5.73 Å². The minimum absolute atomic E-state index is 0.0732. The van der Waals surface area contributed by atoms with Gasteiger partial charge in [-0.05, 0) is 24.0 Å². The lowest BCUT2D eigenvalue weighted by Crippen LogP contribution is -2.27. The average molecular weight is 255 g/mol. The highest BCUT2D eigenvalue weighted by Crippen LogP contribution is 2.17. The second-order valence-electron chi connectivity index (χ2n) is 4.75. The highest BCUT2D eigenvalue weighted by Gasteiger charge is 2.19. The van der Waals surface area contributed by atoms with Gasteiger partial charge < -0.3 is 5.73 Å². The average Bonchev–Trinajstić information content (AvgIpc) is 2.28. The van der Waals surface area contributed by atoms with Crippen molar-refractivity contribution in [1.29, 1.82) is 0 Å². The summed E-state index contributed by atoms with van der Waals surface area (Å²) in [7, 11) is -3.12. The van der Waals surface area contributed by atoms with Gasteiger partial charge in [0.05, 0.1) is 11.0 Å². The predicted molar refractivity (Wildman–Crippen MR) is 71.7 cm³/mol. The number of hydrogen-bond acceptors (Lipinski definition) is 3. The number of hydrogen-bond donors (Lipinski definition) is 1. The SMILES string of the molecule is CC(C)c1ccc(CS(=O)(=O)C(C)CN)cc1. The van der Waals surface area contributed by atoms with Crippen molar-refractivity contribution < 1.29 is 8.42 Å². The maximum Gasteiger partial charge on any atom is 0.158 e. The summed E-state index contributed by atoms with van der Waals surface area (Å²) in [6.07, 6.45) is 0. The molecule has 3 nitrogen and oxygen atoms in total. The van der Waals surface area contributed by atoms with Crippen molar-refractivity contribution in [3.8, 4) is 0 Å². The summed E-state index contributed by atoms with van der Waals surface area (Å²) >= 11 is 0. The van der Waals surface area contributed by atoms with Crippen LogP contribution in [0.2, 0.25) is 0 Å². The zero-order valence-electron chi connectivity index (χ0n) is 10.7. The van der Waals surface area contributed by atoms with Crippen LogP contribution in [0.25, 0.3) is 0 Å². The van der Waals surface area contributed by atoms with E-state index in [0.717, 1.165) is 5.56 Å². The van der Waals surface area contributed by atoms with E-state index in [-0.39, 0.29) is 12.3 Å². The Bertz CT molecular complexity index is 449. The van der Waals surface area contributed by atoms with Crippen LogP contribution in [0.5, 0.6) is 0 Å². The third kappa shape index (κ3) is 3.82. The lowest BCUT2D eigenvalue weighted by atomic mass is 10.0. The molecule has 96 valence electrons. The maximum absolute atomic E-state index is 11.9. The topological polar surface area (TPSA) is 60.2 Å². The van der Waals surface area contributed by atoms with Gasteiger partial charge in [-0.25, -0.2) is 8.42 Å². The third-order valence-corrected chi connectivity index (χ3v) is 5.11. The molecule has 1 aromatic carbocycles. The molecule has 0 amide bonds. The smallest absolute Gasteiger partial charge is 0.158 e. The summed E-state index contributed by atoms with van der Waals surface area (Å²) in [5.74, 6) is 0.535. The zero-order valence-corrected chi connectivity index (χ0v) is 11.5. The van der Waals surface area contributed by atoms with Crippen LogP contribution in [-0.2, 0) is 15.6 Å². The standard InChI is InChI=1S/C13H21NO2S/c1-10(2)13-6-4-12(5-7-13)9-17(15,16)11(3)8-14/h4-7,10-11H,8-9,14H2,1-3H3. The van der Waals surface area contributed by atoms with Crippen molar-refractivity contribution in [1.82, 2.24) is 0 Å². The van der Waals surface area contributed by atoms with Gasteiger partial charge in [-0.1, -0.05) is 38.1 Å². The second kappa shape index (κ2) is 5.65. The Labute approximate surface area is 104 Å². The van der Waals surface area contributed by atoms with E-state index in [1.165, 1.54) is 5.56 Å². The van der Waals surface area contributed by atoms with E-state index in [9.17, 15) is 8.42 Å². The van der Waals surface area contributed by atoms with E-state index in [2.05, 4.69) is 13.8 Å². The molecule has 0 heterocycles. The third-order valence-electron chi connectivity index (χ3n) is 2.96. The first-order chi connectivity index (χ1) is 7.86. The second-order valence-corrected chi connectivity index (χ2v) is 7.17. The summed E-state index contributed by atoms with van der Waals surface area (Å²) in [6, 6.07) is 7.75. The molecule has 0 bridgehead atoms. The van der Waals surface area contributed by atoms with Gasteiger partial charge in [0.25, 0.3) is 0 Å². The zero-order chi connectivity index (χ0) is 13.1. The number of nitrogens with two attached hydrogens (primary N) is 1. The molecular formula is C13H21NO2S. The normalized spacial score (nSPS) is 13.9. The molecule has 0 aliphatic carbocycles. The van der Waals surface area contributed by atoms with Gasteiger partial charge in [0.15, 0.2) is 9.84 Å².